The van der Waals surface area contributed by atoms with Crippen molar-refractivity contribution in [3.63, 3.8) is 0 Å². The predicted octanol–water partition coefficient (Wildman–Crippen LogP) is 2.38. The Balaban J connectivity index is 1.63. The molecule has 2 aliphatic rings. The molecule has 0 aliphatic heterocycles. The Labute approximate surface area is 154 Å². The number of esters is 1. The number of sulfonamides is 1. The van der Waals surface area contributed by atoms with Gasteiger partial charge >= 0.3 is 5.97 Å². The molecule has 2 saturated carbocycles. The van der Waals surface area contributed by atoms with Crippen molar-refractivity contribution in [1.82, 2.24) is 4.31 Å². The molecule has 0 heterocycles. The van der Waals surface area contributed by atoms with E-state index >= 15 is 0 Å². The van der Waals surface area contributed by atoms with Gasteiger partial charge in [0.1, 0.15) is 12.4 Å². The second-order valence-electron chi connectivity index (χ2n) is 7.44. The van der Waals surface area contributed by atoms with Crippen LogP contribution in [-0.4, -0.2) is 38.6 Å². The molecule has 0 spiro atoms. The van der Waals surface area contributed by atoms with Crippen LogP contribution in [0.25, 0.3) is 0 Å². The van der Waals surface area contributed by atoms with E-state index < -0.39 is 10.0 Å². The van der Waals surface area contributed by atoms with Crippen molar-refractivity contribution < 1.29 is 22.7 Å². The summed E-state index contributed by atoms with van der Waals surface area (Å²) in [6, 6.07) is 6.43. The van der Waals surface area contributed by atoms with Gasteiger partial charge in [-0.2, -0.15) is 0 Å². The number of carbonyl (C=O) groups excluding carboxylic acids is 2. The van der Waals surface area contributed by atoms with E-state index in [0.29, 0.717) is 24.2 Å². The number of hydrogen-bond acceptors (Lipinski definition) is 5. The van der Waals surface area contributed by atoms with E-state index in [1.54, 1.807) is 12.1 Å². The maximum atomic E-state index is 12.4. The zero-order chi connectivity index (χ0) is 18.9. The molecule has 3 atom stereocenters. The number of rotatable bonds is 5. The molecule has 142 valence electrons. The van der Waals surface area contributed by atoms with Crippen molar-refractivity contribution in [3.8, 4) is 0 Å². The van der Waals surface area contributed by atoms with Crippen LogP contribution in [0, 0.1) is 17.8 Å². The van der Waals surface area contributed by atoms with E-state index in [2.05, 4.69) is 0 Å². The van der Waals surface area contributed by atoms with E-state index in [4.69, 9.17) is 4.74 Å². The fourth-order valence-corrected chi connectivity index (χ4v) is 4.92. The highest BCUT2D eigenvalue weighted by molar-refractivity contribution is 7.89. The molecule has 26 heavy (non-hydrogen) atoms. The van der Waals surface area contributed by atoms with Gasteiger partial charge in [-0.15, -0.1) is 0 Å². The number of Topliss-reactive ketones (excluding diaryl/α,β-unsaturated/α-hetero) is 1. The zero-order valence-electron chi connectivity index (χ0n) is 15.2. The molecular weight excluding hydrogens is 354 g/mol. The summed E-state index contributed by atoms with van der Waals surface area (Å²) in [7, 11) is -0.569. The maximum Gasteiger partial charge on any atom is 0.309 e. The Kier molecular flexibility index (Phi) is 5.48. The molecule has 0 saturated heterocycles. The monoisotopic (exact) mass is 379 g/mol. The lowest BCUT2D eigenvalue weighted by atomic mass is 9.67. The number of nitrogens with zero attached hydrogens (tertiary/aromatic N) is 1. The summed E-state index contributed by atoms with van der Waals surface area (Å²) in [4.78, 5) is 24.7. The Bertz CT molecular complexity index is 786. The summed E-state index contributed by atoms with van der Waals surface area (Å²) < 4.78 is 31.0. The average molecular weight is 379 g/mol. The van der Waals surface area contributed by atoms with Gasteiger partial charge in [0.05, 0.1) is 10.8 Å². The molecule has 2 bridgehead atoms. The number of ether oxygens (including phenoxy) is 1. The van der Waals surface area contributed by atoms with Gasteiger partial charge in [0, 0.05) is 25.9 Å². The smallest absolute Gasteiger partial charge is 0.309 e. The number of fused-ring (bicyclic) bond motifs is 2. The molecule has 1 aromatic rings. The molecular formula is C19H25NO5S. The third kappa shape index (κ3) is 3.83. The van der Waals surface area contributed by atoms with E-state index in [1.165, 1.54) is 26.2 Å². The van der Waals surface area contributed by atoms with Crippen molar-refractivity contribution in [1.29, 1.82) is 0 Å². The van der Waals surface area contributed by atoms with Gasteiger partial charge in [-0.25, -0.2) is 12.7 Å². The third-order valence-electron chi connectivity index (χ3n) is 5.44. The Morgan fingerprint density at radius 1 is 1.19 bits per heavy atom. The Morgan fingerprint density at radius 2 is 1.85 bits per heavy atom. The summed E-state index contributed by atoms with van der Waals surface area (Å²) >= 11 is 0. The summed E-state index contributed by atoms with van der Waals surface area (Å²) in [5, 5.41) is 0. The minimum atomic E-state index is -3.52. The van der Waals surface area contributed by atoms with E-state index in [1.807, 2.05) is 0 Å². The molecule has 6 nitrogen and oxygen atoms in total. The lowest BCUT2D eigenvalue weighted by molar-refractivity contribution is -0.154. The number of hydrogen-bond donors (Lipinski definition) is 0. The average Bonchev–Trinajstić information content (AvgIpc) is 2.59. The van der Waals surface area contributed by atoms with Crippen LogP contribution < -0.4 is 0 Å². The summed E-state index contributed by atoms with van der Waals surface area (Å²) in [6.45, 7) is 0.0371. The van der Waals surface area contributed by atoms with Crippen LogP contribution in [0.2, 0.25) is 0 Å². The topological polar surface area (TPSA) is 80.8 Å². The predicted molar refractivity (Wildman–Crippen MR) is 95.7 cm³/mol. The molecule has 0 N–H and O–H groups in total. The zero-order valence-corrected chi connectivity index (χ0v) is 16.0. The standard InChI is InChI=1S/C19H25NO5S/c1-20(2)26(23,24)17-8-3-5-13(9-17)12-25-19(22)16-10-14-6-4-7-15(11-16)18(14)21/h3,5,8-9,14-16H,4,6-7,10-12H2,1-2H3/t14-,15+,16?. The normalized spacial score (nSPS) is 26.0. The largest absolute Gasteiger partial charge is 0.461 e. The van der Waals surface area contributed by atoms with Crippen LogP contribution >= 0.6 is 0 Å². The minimum absolute atomic E-state index is 0.00797. The molecule has 2 aliphatic carbocycles. The van der Waals surface area contributed by atoms with Crippen molar-refractivity contribution >= 4 is 21.8 Å². The van der Waals surface area contributed by atoms with Gasteiger partial charge in [0.2, 0.25) is 10.0 Å². The molecule has 1 aromatic carbocycles. The molecule has 0 aromatic heterocycles. The first-order valence-electron chi connectivity index (χ1n) is 9.01. The van der Waals surface area contributed by atoms with E-state index in [-0.39, 0.29) is 35.2 Å². The van der Waals surface area contributed by atoms with Crippen molar-refractivity contribution in [3.05, 3.63) is 29.8 Å². The van der Waals surface area contributed by atoms with Gasteiger partial charge in [-0.3, -0.25) is 9.59 Å². The highest BCUT2D eigenvalue weighted by atomic mass is 32.2. The number of benzene rings is 1. The fourth-order valence-electron chi connectivity index (χ4n) is 3.95. The Morgan fingerprint density at radius 3 is 2.46 bits per heavy atom. The van der Waals surface area contributed by atoms with Crippen molar-refractivity contribution in [2.75, 3.05) is 14.1 Å². The number of carbonyl (C=O) groups is 2. The third-order valence-corrected chi connectivity index (χ3v) is 7.25. The van der Waals surface area contributed by atoms with Gasteiger partial charge in [-0.05, 0) is 43.4 Å². The van der Waals surface area contributed by atoms with Crippen LogP contribution in [-0.2, 0) is 31.0 Å². The molecule has 1 unspecified atom stereocenters. The highest BCUT2D eigenvalue weighted by Gasteiger charge is 2.41. The lowest BCUT2D eigenvalue weighted by Gasteiger charge is -2.36. The second kappa shape index (κ2) is 7.48. The lowest BCUT2D eigenvalue weighted by Crippen LogP contribution is -2.39. The maximum absolute atomic E-state index is 12.4. The minimum Gasteiger partial charge on any atom is -0.461 e. The first-order chi connectivity index (χ1) is 12.3. The van der Waals surface area contributed by atoms with Gasteiger partial charge in [-0.1, -0.05) is 18.6 Å². The van der Waals surface area contributed by atoms with Crippen molar-refractivity contribution in [2.24, 2.45) is 17.8 Å². The van der Waals surface area contributed by atoms with Gasteiger partial charge < -0.3 is 4.74 Å². The van der Waals surface area contributed by atoms with Gasteiger partial charge in [0.15, 0.2) is 0 Å². The van der Waals surface area contributed by atoms with Crippen LogP contribution in [0.5, 0.6) is 0 Å². The summed E-state index contributed by atoms with van der Waals surface area (Å²) in [6.07, 6.45) is 4.00. The quantitative estimate of drug-likeness (QED) is 0.734. The fraction of sp³-hybridized carbons (Fsp3) is 0.579. The molecule has 3 rings (SSSR count). The first kappa shape index (κ1) is 19.0. The molecule has 7 heteroatoms. The molecule has 0 amide bonds. The van der Waals surface area contributed by atoms with Crippen LogP contribution in [0.15, 0.2) is 29.2 Å². The SMILES string of the molecule is CN(C)S(=O)(=O)c1cccc(COC(=O)C2C[C@H]3CCC[C@@H](C2)C3=O)c1. The van der Waals surface area contributed by atoms with Crippen LogP contribution in [0.1, 0.15) is 37.7 Å². The van der Waals surface area contributed by atoms with E-state index in [9.17, 15) is 18.0 Å². The van der Waals surface area contributed by atoms with Crippen LogP contribution in [0.4, 0.5) is 0 Å². The summed E-state index contributed by atoms with van der Waals surface area (Å²) in [5.41, 5.74) is 0.633. The summed E-state index contributed by atoms with van der Waals surface area (Å²) in [5.74, 6) is -0.170. The first-order valence-corrected chi connectivity index (χ1v) is 10.4. The highest BCUT2D eigenvalue weighted by Crippen LogP contribution is 2.40. The van der Waals surface area contributed by atoms with Crippen LogP contribution in [0.3, 0.4) is 0 Å². The Hall–Kier alpha value is -1.73. The molecule has 0 radical (unpaired) electrons. The molecule has 2 fully saturated rings. The second-order valence-corrected chi connectivity index (χ2v) is 9.59. The number of ketones is 1. The van der Waals surface area contributed by atoms with Crippen molar-refractivity contribution in [2.45, 2.75) is 43.6 Å². The van der Waals surface area contributed by atoms with Gasteiger partial charge in [0.25, 0.3) is 0 Å². The van der Waals surface area contributed by atoms with E-state index in [0.717, 1.165) is 23.6 Å².